The van der Waals surface area contributed by atoms with E-state index in [1.54, 1.807) is 4.90 Å². The molecule has 5 nitrogen and oxygen atoms in total. The lowest BCUT2D eigenvalue weighted by Crippen LogP contribution is -2.35. The average Bonchev–Trinajstić information content (AvgIpc) is 3.54. The van der Waals surface area contributed by atoms with Gasteiger partial charge in [0.25, 0.3) is 5.91 Å². The van der Waals surface area contributed by atoms with Crippen LogP contribution in [0, 0.1) is 12.8 Å². The van der Waals surface area contributed by atoms with E-state index >= 15 is 0 Å². The number of thioether (sulfide) groups is 1. The molecule has 0 aliphatic carbocycles. The van der Waals surface area contributed by atoms with E-state index in [1.165, 1.54) is 17.3 Å². The highest BCUT2D eigenvalue weighted by Crippen LogP contribution is 2.37. The highest BCUT2D eigenvalue weighted by atomic mass is 32.2. The number of carbonyl (C=O) groups is 1. The number of amides is 1. The van der Waals surface area contributed by atoms with Crippen molar-refractivity contribution in [2.75, 3.05) is 31.1 Å². The van der Waals surface area contributed by atoms with Gasteiger partial charge in [0.15, 0.2) is 0 Å². The second-order valence-corrected chi connectivity index (χ2v) is 12.3. The minimum atomic E-state index is -0.0210. The molecule has 0 spiro atoms. The summed E-state index contributed by atoms with van der Waals surface area (Å²) in [6, 6.07) is 19.3. The largest absolute Gasteiger partial charge is 0.376 e. The number of ether oxygens (including phenoxy) is 1. The minimum Gasteiger partial charge on any atom is -0.376 e. The molecule has 1 aromatic heterocycles. The lowest BCUT2D eigenvalue weighted by Gasteiger charge is -2.34. The van der Waals surface area contributed by atoms with Crippen LogP contribution in [0.2, 0.25) is 0 Å². The highest BCUT2D eigenvalue weighted by Gasteiger charge is 2.35. The topological polar surface area (TPSA) is 45.7 Å². The van der Waals surface area contributed by atoms with Crippen LogP contribution in [0.1, 0.15) is 42.4 Å². The van der Waals surface area contributed by atoms with Gasteiger partial charge in [-0.15, -0.1) is 0 Å². The van der Waals surface area contributed by atoms with Gasteiger partial charge in [0, 0.05) is 30.6 Å². The number of pyridine rings is 1. The molecule has 3 saturated heterocycles. The second-order valence-electron chi connectivity index (χ2n) is 10.6. The predicted molar refractivity (Wildman–Crippen MR) is 160 cm³/mol. The molecule has 3 fully saturated rings. The third-order valence-electron chi connectivity index (χ3n) is 7.91. The molecule has 0 saturated carbocycles. The standard InChI is InChI=1S/C31H33N3O2S2/c1-21-7-5-10-24-18-25(19-27-30(35)34(31(37)38-27)20-26-11-6-16-36-26)29(32-28(21)24)33-14-12-23(13-15-33)17-22-8-3-2-4-9-22/h2-5,7-10,18-19,23,26H,6,11-17,20H2,1H3/b27-19-. The van der Waals surface area contributed by atoms with Crippen LogP contribution in [-0.2, 0) is 16.0 Å². The Morgan fingerprint density at radius 3 is 2.68 bits per heavy atom. The van der Waals surface area contributed by atoms with Crippen LogP contribution in [0.3, 0.4) is 0 Å². The van der Waals surface area contributed by atoms with Crippen molar-refractivity contribution in [2.24, 2.45) is 5.92 Å². The molecule has 4 heterocycles. The number of nitrogens with zero attached hydrogens (tertiary/aromatic N) is 3. The van der Waals surface area contributed by atoms with E-state index in [2.05, 4.69) is 66.4 Å². The van der Waals surface area contributed by atoms with E-state index in [-0.39, 0.29) is 12.0 Å². The van der Waals surface area contributed by atoms with Gasteiger partial charge in [-0.05, 0) is 68.2 Å². The first-order chi connectivity index (χ1) is 18.5. The quantitative estimate of drug-likeness (QED) is 0.266. The van der Waals surface area contributed by atoms with E-state index < -0.39 is 0 Å². The number of benzene rings is 2. The maximum absolute atomic E-state index is 13.4. The molecule has 1 atom stereocenters. The molecule has 1 unspecified atom stereocenters. The van der Waals surface area contributed by atoms with Gasteiger partial charge in [-0.25, -0.2) is 4.98 Å². The van der Waals surface area contributed by atoms with Gasteiger partial charge in [0.05, 0.1) is 23.1 Å². The number of piperidine rings is 1. The van der Waals surface area contributed by atoms with Gasteiger partial charge in [0.1, 0.15) is 10.1 Å². The Balaban J connectivity index is 1.27. The fraction of sp³-hybridized carbons (Fsp3) is 0.387. The summed E-state index contributed by atoms with van der Waals surface area (Å²) in [5.41, 5.74) is 4.59. The number of hydrogen-bond acceptors (Lipinski definition) is 6. The number of para-hydroxylation sites is 1. The Bertz CT molecular complexity index is 1380. The van der Waals surface area contributed by atoms with Gasteiger partial charge in [-0.2, -0.15) is 0 Å². The number of fused-ring (bicyclic) bond motifs is 1. The molecule has 2 aromatic carbocycles. The molecule has 6 rings (SSSR count). The van der Waals surface area contributed by atoms with Crippen LogP contribution in [0.25, 0.3) is 17.0 Å². The SMILES string of the molecule is Cc1cccc2cc(/C=C3\SC(=S)N(CC4CCCO4)C3=O)c(N3CCC(Cc4ccccc4)CC3)nc12. The Hall–Kier alpha value is -2.74. The predicted octanol–water partition coefficient (Wildman–Crippen LogP) is 6.38. The molecule has 0 N–H and O–H groups in total. The monoisotopic (exact) mass is 543 g/mol. The van der Waals surface area contributed by atoms with Crippen molar-refractivity contribution in [3.05, 3.63) is 76.2 Å². The first-order valence-corrected chi connectivity index (χ1v) is 14.8. The lowest BCUT2D eigenvalue weighted by molar-refractivity contribution is -0.123. The summed E-state index contributed by atoms with van der Waals surface area (Å²) < 4.78 is 6.39. The molecule has 0 radical (unpaired) electrons. The maximum atomic E-state index is 13.4. The fourth-order valence-corrected chi connectivity index (χ4v) is 7.07. The van der Waals surface area contributed by atoms with E-state index in [1.807, 2.05) is 6.08 Å². The van der Waals surface area contributed by atoms with Gasteiger partial charge < -0.3 is 9.64 Å². The normalized spacial score (nSPS) is 21.8. The maximum Gasteiger partial charge on any atom is 0.266 e. The number of aromatic nitrogens is 1. The zero-order valence-electron chi connectivity index (χ0n) is 21.8. The van der Waals surface area contributed by atoms with Crippen LogP contribution >= 0.6 is 24.0 Å². The second kappa shape index (κ2) is 11.2. The van der Waals surface area contributed by atoms with Crippen molar-refractivity contribution >= 4 is 57.0 Å². The number of carbonyl (C=O) groups excluding carboxylic acids is 1. The van der Waals surface area contributed by atoms with Crippen molar-refractivity contribution in [3.8, 4) is 0 Å². The Kier molecular flexibility index (Phi) is 7.50. The third kappa shape index (κ3) is 5.37. The average molecular weight is 544 g/mol. The third-order valence-corrected chi connectivity index (χ3v) is 9.29. The Labute approximate surface area is 234 Å². The van der Waals surface area contributed by atoms with Crippen LogP contribution in [0.4, 0.5) is 5.82 Å². The zero-order chi connectivity index (χ0) is 26.1. The summed E-state index contributed by atoms with van der Waals surface area (Å²) in [4.78, 5) is 23.4. The summed E-state index contributed by atoms with van der Waals surface area (Å²) in [6.07, 6.45) is 7.50. The van der Waals surface area contributed by atoms with E-state index in [9.17, 15) is 4.79 Å². The molecule has 38 heavy (non-hydrogen) atoms. The molecule has 196 valence electrons. The van der Waals surface area contributed by atoms with E-state index in [0.29, 0.717) is 21.7 Å². The molecule has 7 heteroatoms. The van der Waals surface area contributed by atoms with Gasteiger partial charge >= 0.3 is 0 Å². The van der Waals surface area contributed by atoms with Crippen molar-refractivity contribution in [1.29, 1.82) is 0 Å². The summed E-state index contributed by atoms with van der Waals surface area (Å²) >= 11 is 7.00. The Morgan fingerprint density at radius 2 is 1.92 bits per heavy atom. The molecule has 1 amide bonds. The van der Waals surface area contributed by atoms with E-state index in [4.69, 9.17) is 21.9 Å². The fourth-order valence-electron chi connectivity index (χ4n) is 5.80. The smallest absolute Gasteiger partial charge is 0.266 e. The minimum absolute atomic E-state index is 0.0210. The number of rotatable bonds is 6. The van der Waals surface area contributed by atoms with Gasteiger partial charge in [-0.1, -0.05) is 72.5 Å². The molecule has 3 aliphatic heterocycles. The van der Waals surface area contributed by atoms with Crippen molar-refractivity contribution in [1.82, 2.24) is 9.88 Å². The number of hydrogen-bond donors (Lipinski definition) is 0. The lowest BCUT2D eigenvalue weighted by atomic mass is 9.90. The number of anilines is 1. The highest BCUT2D eigenvalue weighted by molar-refractivity contribution is 8.26. The molecule has 3 aromatic rings. The molecular weight excluding hydrogens is 510 g/mol. The summed E-state index contributed by atoms with van der Waals surface area (Å²) in [5.74, 6) is 1.62. The summed E-state index contributed by atoms with van der Waals surface area (Å²) in [6.45, 7) is 5.34. The summed E-state index contributed by atoms with van der Waals surface area (Å²) in [7, 11) is 0. The zero-order valence-corrected chi connectivity index (χ0v) is 23.4. The number of aryl methyl sites for hydroxylation is 1. The number of thiocarbonyl (C=S) groups is 1. The van der Waals surface area contributed by atoms with Gasteiger partial charge in [0.2, 0.25) is 0 Å². The summed E-state index contributed by atoms with van der Waals surface area (Å²) in [5, 5.41) is 1.09. The van der Waals surface area contributed by atoms with Gasteiger partial charge in [-0.3, -0.25) is 9.69 Å². The van der Waals surface area contributed by atoms with Crippen molar-refractivity contribution < 1.29 is 9.53 Å². The first-order valence-electron chi connectivity index (χ1n) is 13.6. The van der Waals surface area contributed by atoms with E-state index in [0.717, 1.165) is 79.6 Å². The van der Waals surface area contributed by atoms with Crippen molar-refractivity contribution in [2.45, 2.75) is 45.1 Å². The van der Waals surface area contributed by atoms with Crippen LogP contribution in [0.5, 0.6) is 0 Å². The molecular formula is C31H33N3O2S2. The first kappa shape index (κ1) is 25.5. The van der Waals surface area contributed by atoms with Crippen LogP contribution in [-0.4, -0.2) is 52.5 Å². The molecule has 3 aliphatic rings. The van der Waals surface area contributed by atoms with Crippen LogP contribution < -0.4 is 4.90 Å². The van der Waals surface area contributed by atoms with Crippen LogP contribution in [0.15, 0.2) is 59.5 Å². The molecule has 0 bridgehead atoms. The Morgan fingerprint density at radius 1 is 1.11 bits per heavy atom. The van der Waals surface area contributed by atoms with Crippen molar-refractivity contribution in [3.63, 3.8) is 0 Å².